The van der Waals surface area contributed by atoms with Gasteiger partial charge >= 0.3 is 5.97 Å². The molecule has 2 fully saturated rings. The molecule has 2 aliphatic heterocycles. The molecule has 1 saturated carbocycles. The summed E-state index contributed by atoms with van der Waals surface area (Å²) in [6.07, 6.45) is 2.22. The number of carboxylic acids is 1. The van der Waals surface area contributed by atoms with Crippen molar-refractivity contribution in [1.82, 2.24) is 4.90 Å². The zero-order valence-corrected chi connectivity index (χ0v) is 13.3. The Bertz CT molecular complexity index is 545. The summed E-state index contributed by atoms with van der Waals surface area (Å²) >= 11 is 0. The molecule has 2 heterocycles. The van der Waals surface area contributed by atoms with Crippen LogP contribution in [0.4, 0.5) is 0 Å². The molecule has 3 rings (SSSR count). The summed E-state index contributed by atoms with van der Waals surface area (Å²) in [5.41, 5.74) is 6.30. The Morgan fingerprint density at radius 1 is 1.48 bits per heavy atom. The number of amides is 1. The van der Waals surface area contributed by atoms with Crippen LogP contribution in [0.2, 0.25) is 0 Å². The average molecular weight is 324 g/mol. The van der Waals surface area contributed by atoms with E-state index in [2.05, 4.69) is 0 Å². The molecular formula is C16H24N2O5. The number of β-lactam (4-membered cyclic amide) rings is 1. The standard InChI is InChI=1S/C16H24N2O5/c1-8(19)11-13-9-4-2-5-10(23-7-3-6-17)12(9)14(16(21)22)18(13)15(11)20/h8-11,13,19H,2-7,17H2,1H3,(H,21,22)/t8-,9+,10+,11-,13-/m1/s1. The number of carbonyl (C=O) groups excluding carboxylic acids is 1. The summed E-state index contributed by atoms with van der Waals surface area (Å²) in [7, 11) is 0. The molecule has 0 aromatic heterocycles. The van der Waals surface area contributed by atoms with Gasteiger partial charge in [0.1, 0.15) is 5.70 Å². The van der Waals surface area contributed by atoms with Gasteiger partial charge in [-0.05, 0) is 44.7 Å². The van der Waals surface area contributed by atoms with Crippen molar-refractivity contribution < 1.29 is 24.5 Å². The number of aliphatic carboxylic acids is 1. The maximum Gasteiger partial charge on any atom is 0.352 e. The Labute approximate surface area is 135 Å². The van der Waals surface area contributed by atoms with Gasteiger partial charge in [-0.1, -0.05) is 0 Å². The number of nitrogens with two attached hydrogens (primary N) is 1. The Morgan fingerprint density at radius 3 is 2.83 bits per heavy atom. The van der Waals surface area contributed by atoms with E-state index < -0.39 is 18.0 Å². The van der Waals surface area contributed by atoms with E-state index in [9.17, 15) is 19.8 Å². The van der Waals surface area contributed by atoms with Crippen LogP contribution in [0.1, 0.15) is 32.6 Å². The van der Waals surface area contributed by atoms with E-state index in [-0.39, 0.29) is 29.7 Å². The smallest absolute Gasteiger partial charge is 0.352 e. The van der Waals surface area contributed by atoms with Gasteiger partial charge in [0, 0.05) is 12.5 Å². The molecule has 23 heavy (non-hydrogen) atoms. The fraction of sp³-hybridized carbons (Fsp3) is 0.750. The molecule has 1 saturated heterocycles. The van der Waals surface area contributed by atoms with Crippen LogP contribution in [0.15, 0.2) is 11.3 Å². The molecule has 0 spiro atoms. The average Bonchev–Trinajstić information content (AvgIpc) is 2.79. The maximum absolute atomic E-state index is 12.3. The Hall–Kier alpha value is -1.44. The quantitative estimate of drug-likeness (QED) is 0.471. The van der Waals surface area contributed by atoms with Gasteiger partial charge < -0.3 is 25.6 Å². The highest BCUT2D eigenvalue weighted by Crippen LogP contribution is 2.52. The molecule has 7 nitrogen and oxygen atoms in total. The van der Waals surface area contributed by atoms with Crippen molar-refractivity contribution in [1.29, 1.82) is 0 Å². The predicted octanol–water partition coefficient (Wildman–Crippen LogP) is 0.0806. The van der Waals surface area contributed by atoms with Gasteiger partial charge in [0.05, 0.1) is 24.2 Å². The summed E-state index contributed by atoms with van der Waals surface area (Å²) < 4.78 is 5.87. The third-order valence-electron chi connectivity index (χ3n) is 5.23. The largest absolute Gasteiger partial charge is 0.477 e. The van der Waals surface area contributed by atoms with Crippen molar-refractivity contribution in [2.45, 2.75) is 50.9 Å². The van der Waals surface area contributed by atoms with Crippen molar-refractivity contribution in [2.24, 2.45) is 17.6 Å². The van der Waals surface area contributed by atoms with Crippen LogP contribution < -0.4 is 5.73 Å². The summed E-state index contributed by atoms with van der Waals surface area (Å²) in [6, 6.07) is -0.232. The molecule has 1 amide bonds. The summed E-state index contributed by atoms with van der Waals surface area (Å²) in [6.45, 7) is 2.61. The number of nitrogens with zero attached hydrogens (tertiary/aromatic N) is 1. The molecule has 3 aliphatic rings. The van der Waals surface area contributed by atoms with Crippen LogP contribution in [-0.2, 0) is 14.3 Å². The van der Waals surface area contributed by atoms with Crippen LogP contribution in [-0.4, -0.2) is 58.4 Å². The van der Waals surface area contributed by atoms with E-state index in [1.165, 1.54) is 4.90 Å². The van der Waals surface area contributed by atoms with Crippen LogP contribution in [0.5, 0.6) is 0 Å². The lowest BCUT2D eigenvalue weighted by Gasteiger charge is -2.47. The molecule has 0 aromatic rings. The van der Waals surface area contributed by atoms with E-state index in [0.717, 1.165) is 31.3 Å². The first-order valence-electron chi connectivity index (χ1n) is 8.29. The van der Waals surface area contributed by atoms with Crippen LogP contribution in [0, 0.1) is 11.8 Å². The topological polar surface area (TPSA) is 113 Å². The lowest BCUT2D eigenvalue weighted by atomic mass is 9.71. The molecule has 4 N–H and O–H groups in total. The van der Waals surface area contributed by atoms with Gasteiger partial charge in [0.15, 0.2) is 0 Å². The van der Waals surface area contributed by atoms with Gasteiger partial charge in [0.25, 0.3) is 0 Å². The summed E-state index contributed by atoms with van der Waals surface area (Å²) in [4.78, 5) is 25.5. The monoisotopic (exact) mass is 324 g/mol. The number of aliphatic hydroxyl groups excluding tert-OH is 1. The normalized spacial score (nSPS) is 34.0. The number of rotatable bonds is 6. The van der Waals surface area contributed by atoms with Crippen LogP contribution in [0.3, 0.4) is 0 Å². The van der Waals surface area contributed by atoms with Crippen molar-refractivity contribution >= 4 is 11.9 Å². The van der Waals surface area contributed by atoms with E-state index in [0.29, 0.717) is 13.2 Å². The van der Waals surface area contributed by atoms with Gasteiger partial charge in [-0.2, -0.15) is 0 Å². The number of carbonyl (C=O) groups is 2. The van der Waals surface area contributed by atoms with Gasteiger partial charge in [0.2, 0.25) is 5.91 Å². The number of fused-ring (bicyclic) bond motifs is 3. The third-order valence-corrected chi connectivity index (χ3v) is 5.23. The summed E-state index contributed by atoms with van der Waals surface area (Å²) in [5, 5.41) is 19.5. The van der Waals surface area contributed by atoms with E-state index in [1.807, 2.05) is 0 Å². The SMILES string of the molecule is C[C@@H](O)[C@H]1C(=O)N2C(C(=O)O)=C3[C@@H](OCCCN)CCC[C@@H]3[C@H]12. The number of hydrogen-bond acceptors (Lipinski definition) is 5. The number of ether oxygens (including phenoxy) is 1. The zero-order valence-electron chi connectivity index (χ0n) is 13.3. The van der Waals surface area contributed by atoms with Crippen LogP contribution in [0.25, 0.3) is 0 Å². The second-order valence-electron chi connectivity index (χ2n) is 6.61. The minimum atomic E-state index is -1.08. The molecule has 0 radical (unpaired) electrons. The highest BCUT2D eigenvalue weighted by atomic mass is 16.5. The Balaban J connectivity index is 1.91. The Morgan fingerprint density at radius 2 is 2.22 bits per heavy atom. The second kappa shape index (κ2) is 6.22. The molecule has 0 aromatic carbocycles. The van der Waals surface area contributed by atoms with Crippen LogP contribution >= 0.6 is 0 Å². The maximum atomic E-state index is 12.3. The number of carboxylic acid groups (broad SMARTS) is 1. The van der Waals surface area contributed by atoms with Crippen molar-refractivity contribution in [3.63, 3.8) is 0 Å². The first-order chi connectivity index (χ1) is 11.0. The predicted molar refractivity (Wildman–Crippen MR) is 81.2 cm³/mol. The highest BCUT2D eigenvalue weighted by molar-refractivity contribution is 6.00. The van der Waals surface area contributed by atoms with E-state index in [1.54, 1.807) is 6.92 Å². The summed E-state index contributed by atoms with van der Waals surface area (Å²) in [5.74, 6) is -1.89. The molecular weight excluding hydrogens is 300 g/mol. The minimum Gasteiger partial charge on any atom is -0.477 e. The zero-order chi connectivity index (χ0) is 16.7. The lowest BCUT2D eigenvalue weighted by Crippen LogP contribution is -2.64. The molecule has 5 atom stereocenters. The number of aliphatic hydroxyl groups is 1. The molecule has 1 aliphatic carbocycles. The second-order valence-corrected chi connectivity index (χ2v) is 6.61. The van der Waals surface area contributed by atoms with Crippen molar-refractivity contribution in [3.8, 4) is 0 Å². The molecule has 0 unspecified atom stereocenters. The van der Waals surface area contributed by atoms with Gasteiger partial charge in [-0.25, -0.2) is 4.79 Å². The first-order valence-corrected chi connectivity index (χ1v) is 8.29. The lowest BCUT2D eigenvalue weighted by molar-refractivity contribution is -0.163. The molecule has 0 bridgehead atoms. The fourth-order valence-electron chi connectivity index (χ4n) is 4.32. The Kier molecular flexibility index (Phi) is 4.44. The van der Waals surface area contributed by atoms with E-state index >= 15 is 0 Å². The molecule has 128 valence electrons. The third kappa shape index (κ3) is 2.47. The van der Waals surface area contributed by atoms with Gasteiger partial charge in [-0.3, -0.25) is 4.79 Å². The van der Waals surface area contributed by atoms with E-state index in [4.69, 9.17) is 10.5 Å². The first kappa shape index (κ1) is 16.4. The minimum absolute atomic E-state index is 0.0185. The fourth-order valence-corrected chi connectivity index (χ4v) is 4.32. The highest BCUT2D eigenvalue weighted by Gasteiger charge is 2.62. The van der Waals surface area contributed by atoms with Crippen molar-refractivity contribution in [3.05, 3.63) is 11.3 Å². The van der Waals surface area contributed by atoms with Crippen molar-refractivity contribution in [2.75, 3.05) is 13.2 Å². The number of hydrogen-bond donors (Lipinski definition) is 3. The molecule has 7 heteroatoms. The van der Waals surface area contributed by atoms with Gasteiger partial charge in [-0.15, -0.1) is 0 Å².